The molecule has 0 aromatic carbocycles. The SMILES string of the molecule is COCCN(Cc1occc1CNCC(C)C)CC(C)C. The smallest absolute Gasteiger partial charge is 0.122 e. The topological polar surface area (TPSA) is 37.6 Å². The first-order valence-corrected chi connectivity index (χ1v) is 8.00. The molecular weight excluding hydrogens is 264 g/mol. The second-order valence-electron chi connectivity index (χ2n) is 6.52. The molecular formula is C17H32N2O2. The highest BCUT2D eigenvalue weighted by Crippen LogP contribution is 2.14. The predicted octanol–water partition coefficient (Wildman–Crippen LogP) is 3.13. The van der Waals surface area contributed by atoms with Gasteiger partial charge in [-0.3, -0.25) is 4.90 Å². The van der Waals surface area contributed by atoms with Crippen LogP contribution in [0.2, 0.25) is 0 Å². The summed E-state index contributed by atoms with van der Waals surface area (Å²) in [6.45, 7) is 14.4. The molecule has 0 bridgehead atoms. The fourth-order valence-electron chi connectivity index (χ4n) is 2.33. The van der Waals surface area contributed by atoms with E-state index < -0.39 is 0 Å². The van der Waals surface area contributed by atoms with Crippen molar-refractivity contribution in [1.82, 2.24) is 10.2 Å². The van der Waals surface area contributed by atoms with Crippen LogP contribution >= 0.6 is 0 Å². The molecule has 0 fully saturated rings. The molecule has 0 radical (unpaired) electrons. The van der Waals surface area contributed by atoms with Gasteiger partial charge in [-0.05, 0) is 24.4 Å². The molecule has 1 rings (SSSR count). The molecule has 0 saturated carbocycles. The molecule has 4 heteroatoms. The Labute approximate surface area is 129 Å². The molecule has 1 N–H and O–H groups in total. The summed E-state index contributed by atoms with van der Waals surface area (Å²) in [4.78, 5) is 2.40. The second kappa shape index (κ2) is 9.98. The number of methoxy groups -OCH3 is 1. The van der Waals surface area contributed by atoms with Gasteiger partial charge in [0, 0.05) is 32.3 Å². The first-order chi connectivity index (χ1) is 10.0. The van der Waals surface area contributed by atoms with Crippen LogP contribution in [0, 0.1) is 11.8 Å². The van der Waals surface area contributed by atoms with Crippen LogP contribution in [0.5, 0.6) is 0 Å². The van der Waals surface area contributed by atoms with Crippen molar-refractivity contribution in [3.8, 4) is 0 Å². The summed E-state index contributed by atoms with van der Waals surface area (Å²) in [6, 6.07) is 2.08. The average molecular weight is 296 g/mol. The van der Waals surface area contributed by atoms with Crippen LogP contribution in [0.4, 0.5) is 0 Å². The normalized spacial score (nSPS) is 12.0. The van der Waals surface area contributed by atoms with Crippen LogP contribution in [0.1, 0.15) is 39.0 Å². The van der Waals surface area contributed by atoms with E-state index in [4.69, 9.17) is 9.15 Å². The molecule has 1 aromatic rings. The highest BCUT2D eigenvalue weighted by atomic mass is 16.5. The van der Waals surface area contributed by atoms with E-state index in [1.807, 2.05) is 0 Å². The molecule has 0 aliphatic rings. The van der Waals surface area contributed by atoms with Crippen LogP contribution < -0.4 is 5.32 Å². The Morgan fingerprint density at radius 2 is 2.00 bits per heavy atom. The van der Waals surface area contributed by atoms with Crippen molar-refractivity contribution >= 4 is 0 Å². The Bertz CT molecular complexity index is 375. The predicted molar refractivity (Wildman–Crippen MR) is 87.2 cm³/mol. The first kappa shape index (κ1) is 18.2. The first-order valence-electron chi connectivity index (χ1n) is 8.00. The molecule has 0 amide bonds. The standard InChI is InChI=1S/C17H32N2O2/c1-14(2)10-18-11-16-6-8-21-17(16)13-19(7-9-20-5)12-15(3)4/h6,8,14-15,18H,7,9-13H2,1-5H3. The Morgan fingerprint density at radius 1 is 1.24 bits per heavy atom. The molecule has 21 heavy (non-hydrogen) atoms. The van der Waals surface area contributed by atoms with Crippen molar-refractivity contribution in [2.45, 2.75) is 40.8 Å². The van der Waals surface area contributed by atoms with Gasteiger partial charge in [-0.2, -0.15) is 0 Å². The summed E-state index contributed by atoms with van der Waals surface area (Å²) in [5.74, 6) is 2.38. The van der Waals surface area contributed by atoms with E-state index in [9.17, 15) is 0 Å². The molecule has 0 spiro atoms. The summed E-state index contributed by atoms with van der Waals surface area (Å²) in [6.07, 6.45) is 1.80. The van der Waals surface area contributed by atoms with E-state index in [0.29, 0.717) is 11.8 Å². The van der Waals surface area contributed by atoms with Crippen LogP contribution in [-0.2, 0) is 17.8 Å². The van der Waals surface area contributed by atoms with Crippen molar-refractivity contribution in [3.05, 3.63) is 23.7 Å². The van der Waals surface area contributed by atoms with Crippen molar-refractivity contribution in [2.24, 2.45) is 11.8 Å². The molecule has 0 atom stereocenters. The van der Waals surface area contributed by atoms with Gasteiger partial charge in [0.1, 0.15) is 5.76 Å². The van der Waals surface area contributed by atoms with Crippen LogP contribution in [0.15, 0.2) is 16.7 Å². The maximum atomic E-state index is 5.69. The Morgan fingerprint density at radius 3 is 2.62 bits per heavy atom. The second-order valence-corrected chi connectivity index (χ2v) is 6.52. The molecule has 1 aromatic heterocycles. The summed E-state index contributed by atoms with van der Waals surface area (Å²) in [7, 11) is 1.75. The van der Waals surface area contributed by atoms with Crippen LogP contribution in [0.25, 0.3) is 0 Å². The zero-order valence-corrected chi connectivity index (χ0v) is 14.3. The molecule has 122 valence electrons. The highest BCUT2D eigenvalue weighted by molar-refractivity contribution is 5.16. The minimum absolute atomic E-state index is 0.638. The Hall–Kier alpha value is -0.840. The van der Waals surface area contributed by atoms with Gasteiger partial charge in [-0.25, -0.2) is 0 Å². The summed E-state index contributed by atoms with van der Waals surface area (Å²) < 4.78 is 10.9. The van der Waals surface area contributed by atoms with Crippen molar-refractivity contribution < 1.29 is 9.15 Å². The molecule has 0 saturated heterocycles. The van der Waals surface area contributed by atoms with Gasteiger partial charge >= 0.3 is 0 Å². The Kier molecular flexibility index (Phi) is 8.66. The van der Waals surface area contributed by atoms with Gasteiger partial charge in [0.05, 0.1) is 19.4 Å². The minimum Gasteiger partial charge on any atom is -0.468 e. The fraction of sp³-hybridized carbons (Fsp3) is 0.765. The average Bonchev–Trinajstić information content (AvgIpc) is 2.82. The van der Waals surface area contributed by atoms with E-state index in [2.05, 4.69) is 44.0 Å². The zero-order chi connectivity index (χ0) is 15.7. The van der Waals surface area contributed by atoms with Crippen molar-refractivity contribution in [2.75, 3.05) is 33.4 Å². The highest BCUT2D eigenvalue weighted by Gasteiger charge is 2.13. The number of furan rings is 1. The lowest BCUT2D eigenvalue weighted by Crippen LogP contribution is -2.31. The minimum atomic E-state index is 0.638. The fourth-order valence-corrected chi connectivity index (χ4v) is 2.33. The maximum absolute atomic E-state index is 5.69. The zero-order valence-electron chi connectivity index (χ0n) is 14.3. The van der Waals surface area contributed by atoms with Crippen LogP contribution in [-0.4, -0.2) is 38.3 Å². The third-order valence-electron chi connectivity index (χ3n) is 3.31. The lowest BCUT2D eigenvalue weighted by molar-refractivity contribution is 0.130. The summed E-state index contributed by atoms with van der Waals surface area (Å²) >= 11 is 0. The van der Waals surface area contributed by atoms with E-state index in [1.54, 1.807) is 13.4 Å². The number of nitrogens with one attached hydrogen (secondary N) is 1. The molecule has 1 heterocycles. The third kappa shape index (κ3) is 7.65. The van der Waals surface area contributed by atoms with Gasteiger partial charge in [0.15, 0.2) is 0 Å². The third-order valence-corrected chi connectivity index (χ3v) is 3.31. The van der Waals surface area contributed by atoms with Gasteiger partial charge < -0.3 is 14.5 Å². The van der Waals surface area contributed by atoms with E-state index >= 15 is 0 Å². The number of hydrogen-bond acceptors (Lipinski definition) is 4. The lowest BCUT2D eigenvalue weighted by atomic mass is 10.1. The number of hydrogen-bond donors (Lipinski definition) is 1. The lowest BCUT2D eigenvalue weighted by Gasteiger charge is -2.23. The monoisotopic (exact) mass is 296 g/mol. The molecule has 0 aliphatic carbocycles. The largest absolute Gasteiger partial charge is 0.468 e. The number of rotatable bonds is 11. The number of ether oxygens (including phenoxy) is 1. The number of nitrogens with zero attached hydrogens (tertiary/aromatic N) is 1. The van der Waals surface area contributed by atoms with Crippen molar-refractivity contribution in [1.29, 1.82) is 0 Å². The van der Waals surface area contributed by atoms with E-state index in [0.717, 1.165) is 45.1 Å². The van der Waals surface area contributed by atoms with E-state index in [1.165, 1.54) is 5.56 Å². The molecule has 0 unspecified atom stereocenters. The van der Waals surface area contributed by atoms with Gasteiger partial charge in [-0.1, -0.05) is 27.7 Å². The van der Waals surface area contributed by atoms with Gasteiger partial charge in [0.2, 0.25) is 0 Å². The van der Waals surface area contributed by atoms with Gasteiger partial charge in [-0.15, -0.1) is 0 Å². The summed E-state index contributed by atoms with van der Waals surface area (Å²) in [5, 5.41) is 3.48. The quantitative estimate of drug-likeness (QED) is 0.681. The van der Waals surface area contributed by atoms with Gasteiger partial charge in [0.25, 0.3) is 0 Å². The molecule has 4 nitrogen and oxygen atoms in total. The van der Waals surface area contributed by atoms with E-state index in [-0.39, 0.29) is 0 Å². The maximum Gasteiger partial charge on any atom is 0.122 e. The summed E-state index contributed by atoms with van der Waals surface area (Å²) in [5.41, 5.74) is 1.27. The van der Waals surface area contributed by atoms with Crippen molar-refractivity contribution in [3.63, 3.8) is 0 Å². The van der Waals surface area contributed by atoms with Crippen LogP contribution in [0.3, 0.4) is 0 Å². The molecule has 0 aliphatic heterocycles. The Balaban J connectivity index is 2.55.